The van der Waals surface area contributed by atoms with Gasteiger partial charge in [-0.2, -0.15) is 5.10 Å². The number of aromatic nitrogens is 3. The Balaban J connectivity index is 2.93. The Bertz CT molecular complexity index is 645. The molecule has 2 N–H and O–H groups in total. The smallest absolute Gasteiger partial charge is 0.354 e. The van der Waals surface area contributed by atoms with Crippen molar-refractivity contribution in [3.63, 3.8) is 0 Å². The number of aryl methyl sites for hydroxylation is 2. The summed E-state index contributed by atoms with van der Waals surface area (Å²) < 4.78 is 1.36. The first-order chi connectivity index (χ1) is 7.91. The zero-order valence-corrected chi connectivity index (χ0v) is 9.13. The second-order valence-corrected chi connectivity index (χ2v) is 3.57. The number of carboxylic acids is 2. The number of pyridine rings is 1. The van der Waals surface area contributed by atoms with Crippen LogP contribution in [0.2, 0.25) is 0 Å². The lowest BCUT2D eigenvalue weighted by Crippen LogP contribution is -2.07. The number of carboxylic acid groups (broad SMARTS) is 2. The van der Waals surface area contributed by atoms with Crippen molar-refractivity contribution in [3.05, 3.63) is 23.0 Å². The van der Waals surface area contributed by atoms with Gasteiger partial charge in [0.25, 0.3) is 0 Å². The number of carbonyl (C=O) groups is 2. The summed E-state index contributed by atoms with van der Waals surface area (Å²) in [5, 5.41) is 22.3. The minimum Gasteiger partial charge on any atom is -0.478 e. The molecule has 0 aliphatic carbocycles. The third kappa shape index (κ3) is 1.61. The van der Waals surface area contributed by atoms with Crippen molar-refractivity contribution < 1.29 is 19.8 Å². The summed E-state index contributed by atoms with van der Waals surface area (Å²) in [6.07, 6.45) is 0. The Morgan fingerprint density at radius 3 is 2.47 bits per heavy atom. The first-order valence-corrected chi connectivity index (χ1v) is 4.72. The van der Waals surface area contributed by atoms with Gasteiger partial charge in [0.05, 0.1) is 16.6 Å². The lowest BCUT2D eigenvalue weighted by molar-refractivity contribution is 0.0691. The highest BCUT2D eigenvalue weighted by molar-refractivity contribution is 6.05. The lowest BCUT2D eigenvalue weighted by Gasteiger charge is -2.01. The van der Waals surface area contributed by atoms with E-state index in [-0.39, 0.29) is 16.9 Å². The van der Waals surface area contributed by atoms with Crippen molar-refractivity contribution in [1.82, 2.24) is 14.8 Å². The molecule has 0 aromatic carbocycles. The molecule has 2 aromatic rings. The number of nitrogens with zero attached hydrogens (tertiary/aromatic N) is 3. The molecule has 0 fully saturated rings. The van der Waals surface area contributed by atoms with Gasteiger partial charge in [-0.25, -0.2) is 14.6 Å². The lowest BCUT2D eigenvalue weighted by atomic mass is 10.1. The number of fused-ring (bicyclic) bond motifs is 1. The van der Waals surface area contributed by atoms with Crippen molar-refractivity contribution in [2.45, 2.75) is 6.92 Å². The monoisotopic (exact) mass is 235 g/mol. The van der Waals surface area contributed by atoms with Gasteiger partial charge in [-0.1, -0.05) is 0 Å². The SMILES string of the molecule is Cc1nn(C)c2nc(C(=O)O)cc(C(=O)O)c12. The summed E-state index contributed by atoms with van der Waals surface area (Å²) >= 11 is 0. The normalized spacial score (nSPS) is 10.7. The van der Waals surface area contributed by atoms with Crippen LogP contribution in [0.4, 0.5) is 0 Å². The molecule has 0 radical (unpaired) electrons. The molecule has 2 rings (SSSR count). The summed E-state index contributed by atoms with van der Waals surface area (Å²) in [6.45, 7) is 1.65. The Morgan fingerprint density at radius 1 is 1.29 bits per heavy atom. The Kier molecular flexibility index (Phi) is 2.31. The van der Waals surface area contributed by atoms with E-state index in [0.717, 1.165) is 6.07 Å². The topological polar surface area (TPSA) is 105 Å². The third-order valence-corrected chi connectivity index (χ3v) is 2.42. The van der Waals surface area contributed by atoms with E-state index in [1.807, 2.05) is 0 Å². The van der Waals surface area contributed by atoms with E-state index >= 15 is 0 Å². The zero-order chi connectivity index (χ0) is 12.7. The van der Waals surface area contributed by atoms with E-state index in [4.69, 9.17) is 10.2 Å². The largest absolute Gasteiger partial charge is 0.478 e. The fourth-order valence-electron chi connectivity index (χ4n) is 1.72. The third-order valence-electron chi connectivity index (χ3n) is 2.42. The highest BCUT2D eigenvalue weighted by Gasteiger charge is 2.19. The quantitative estimate of drug-likeness (QED) is 0.792. The predicted octanol–water partition coefficient (Wildman–Crippen LogP) is 0.673. The minimum absolute atomic E-state index is 0.0991. The standard InChI is InChI=1S/C10H9N3O4/c1-4-7-5(9(14)15)3-6(10(16)17)11-8(7)13(2)12-4/h3H,1-2H3,(H,14,15)(H,16,17). The van der Waals surface area contributed by atoms with E-state index in [2.05, 4.69) is 10.1 Å². The van der Waals surface area contributed by atoms with Gasteiger partial charge in [0, 0.05) is 7.05 Å². The summed E-state index contributed by atoms with van der Waals surface area (Å²) in [5.41, 5.74) is 0.347. The van der Waals surface area contributed by atoms with E-state index in [0.29, 0.717) is 11.1 Å². The fraction of sp³-hybridized carbons (Fsp3) is 0.200. The fourth-order valence-corrected chi connectivity index (χ4v) is 1.72. The second kappa shape index (κ2) is 3.55. The second-order valence-electron chi connectivity index (χ2n) is 3.57. The van der Waals surface area contributed by atoms with Crippen molar-refractivity contribution in [3.8, 4) is 0 Å². The molecule has 0 bridgehead atoms. The maximum Gasteiger partial charge on any atom is 0.354 e. The van der Waals surface area contributed by atoms with Gasteiger partial charge < -0.3 is 10.2 Å². The molecule has 0 saturated carbocycles. The van der Waals surface area contributed by atoms with Gasteiger partial charge >= 0.3 is 11.9 Å². The summed E-state index contributed by atoms with van der Waals surface area (Å²) in [4.78, 5) is 25.8. The maximum atomic E-state index is 11.1. The molecule has 88 valence electrons. The van der Waals surface area contributed by atoms with Crippen LogP contribution < -0.4 is 0 Å². The van der Waals surface area contributed by atoms with Crippen LogP contribution in [0.1, 0.15) is 26.5 Å². The molecule has 0 amide bonds. The molecule has 0 spiro atoms. The van der Waals surface area contributed by atoms with E-state index in [1.165, 1.54) is 4.68 Å². The van der Waals surface area contributed by atoms with E-state index in [9.17, 15) is 9.59 Å². The van der Waals surface area contributed by atoms with Crippen LogP contribution in [0.15, 0.2) is 6.07 Å². The average molecular weight is 235 g/mol. The van der Waals surface area contributed by atoms with Gasteiger partial charge in [-0.15, -0.1) is 0 Å². The molecule has 0 unspecified atom stereocenters. The van der Waals surface area contributed by atoms with E-state index < -0.39 is 11.9 Å². The number of hydrogen-bond donors (Lipinski definition) is 2. The molecule has 17 heavy (non-hydrogen) atoms. The molecule has 0 saturated heterocycles. The number of aromatic carboxylic acids is 2. The van der Waals surface area contributed by atoms with Crippen LogP contribution in [0, 0.1) is 6.92 Å². The molecule has 0 atom stereocenters. The first kappa shape index (κ1) is 11.1. The Labute approximate surface area is 95.3 Å². The molecule has 0 aliphatic rings. The van der Waals surface area contributed by atoms with Crippen LogP contribution >= 0.6 is 0 Å². The van der Waals surface area contributed by atoms with Crippen LogP contribution in [-0.2, 0) is 7.05 Å². The minimum atomic E-state index is -1.27. The van der Waals surface area contributed by atoms with Crippen LogP contribution in [-0.4, -0.2) is 36.9 Å². The summed E-state index contributed by atoms with van der Waals surface area (Å²) in [5.74, 6) is -2.47. The molecule has 7 heteroatoms. The van der Waals surface area contributed by atoms with E-state index in [1.54, 1.807) is 14.0 Å². The maximum absolute atomic E-state index is 11.1. The van der Waals surface area contributed by atoms with Crippen molar-refractivity contribution >= 4 is 23.0 Å². The average Bonchev–Trinajstić information content (AvgIpc) is 2.53. The van der Waals surface area contributed by atoms with Gasteiger partial charge in [-0.3, -0.25) is 4.68 Å². The molecule has 0 aliphatic heterocycles. The van der Waals surface area contributed by atoms with Gasteiger partial charge in [0.2, 0.25) is 0 Å². The van der Waals surface area contributed by atoms with Gasteiger partial charge in [-0.05, 0) is 13.0 Å². The summed E-state index contributed by atoms with van der Waals surface area (Å²) in [6, 6.07) is 1.04. The predicted molar refractivity (Wildman–Crippen MR) is 57.2 cm³/mol. The summed E-state index contributed by atoms with van der Waals surface area (Å²) in [7, 11) is 1.58. The molecule has 2 heterocycles. The molecular weight excluding hydrogens is 226 g/mol. The van der Waals surface area contributed by atoms with Gasteiger partial charge in [0.15, 0.2) is 11.3 Å². The van der Waals surface area contributed by atoms with Crippen LogP contribution in [0.3, 0.4) is 0 Å². The van der Waals surface area contributed by atoms with Crippen molar-refractivity contribution in [1.29, 1.82) is 0 Å². The number of rotatable bonds is 2. The van der Waals surface area contributed by atoms with Crippen LogP contribution in [0.25, 0.3) is 11.0 Å². The zero-order valence-electron chi connectivity index (χ0n) is 9.13. The molecular formula is C10H9N3O4. The first-order valence-electron chi connectivity index (χ1n) is 4.72. The number of hydrogen-bond acceptors (Lipinski definition) is 4. The van der Waals surface area contributed by atoms with Gasteiger partial charge in [0.1, 0.15) is 0 Å². The highest BCUT2D eigenvalue weighted by atomic mass is 16.4. The van der Waals surface area contributed by atoms with Crippen LogP contribution in [0.5, 0.6) is 0 Å². The van der Waals surface area contributed by atoms with Crippen molar-refractivity contribution in [2.24, 2.45) is 7.05 Å². The molecule has 7 nitrogen and oxygen atoms in total. The molecule has 2 aromatic heterocycles. The highest BCUT2D eigenvalue weighted by Crippen LogP contribution is 2.21. The Morgan fingerprint density at radius 2 is 1.94 bits per heavy atom. The Hall–Kier alpha value is -2.44. The van der Waals surface area contributed by atoms with Crippen molar-refractivity contribution in [2.75, 3.05) is 0 Å².